The monoisotopic (exact) mass is 444 g/mol. The molecule has 1 aromatic carbocycles. The molecule has 30 heavy (non-hydrogen) atoms. The lowest BCUT2D eigenvalue weighted by molar-refractivity contribution is -0.137. The Morgan fingerprint density at radius 2 is 2.00 bits per heavy atom. The predicted molar refractivity (Wildman–Crippen MR) is 106 cm³/mol. The first kappa shape index (κ1) is 22.4. The van der Waals surface area contributed by atoms with E-state index >= 15 is 0 Å². The fraction of sp³-hybridized carbons (Fsp3) is 0.550. The van der Waals surface area contributed by atoms with Gasteiger partial charge in [0, 0.05) is 12.6 Å². The van der Waals surface area contributed by atoms with Crippen LogP contribution in [0.15, 0.2) is 18.2 Å². The molecule has 0 atom stereocenters. The van der Waals surface area contributed by atoms with Crippen molar-refractivity contribution in [3.63, 3.8) is 0 Å². The highest BCUT2D eigenvalue weighted by molar-refractivity contribution is 6.33. The quantitative estimate of drug-likeness (QED) is 0.704. The van der Waals surface area contributed by atoms with E-state index in [1.165, 1.54) is 0 Å². The minimum atomic E-state index is -4.53. The molecule has 1 fully saturated rings. The number of aryl methyl sites for hydroxylation is 1. The Morgan fingerprint density at radius 3 is 2.63 bits per heavy atom. The van der Waals surface area contributed by atoms with Gasteiger partial charge in [-0.05, 0) is 63.6 Å². The highest BCUT2D eigenvalue weighted by Crippen LogP contribution is 2.32. The molecular weight excluding hydrogens is 421 g/mol. The van der Waals surface area contributed by atoms with Gasteiger partial charge < -0.3 is 10.1 Å². The molecule has 10 heteroatoms. The van der Waals surface area contributed by atoms with Crippen LogP contribution in [0.3, 0.4) is 0 Å². The Kier molecular flexibility index (Phi) is 6.90. The van der Waals surface area contributed by atoms with Crippen molar-refractivity contribution in [1.29, 1.82) is 0 Å². The maximum Gasteiger partial charge on any atom is 0.416 e. The molecule has 1 saturated carbocycles. The Morgan fingerprint density at radius 1 is 1.30 bits per heavy atom. The number of nitrogens with one attached hydrogen (secondary N) is 1. The molecule has 1 aliphatic carbocycles. The molecule has 0 saturated heterocycles. The molecule has 1 heterocycles. The zero-order valence-electron chi connectivity index (χ0n) is 16.8. The van der Waals surface area contributed by atoms with Crippen molar-refractivity contribution in [1.82, 2.24) is 20.1 Å². The van der Waals surface area contributed by atoms with Crippen LogP contribution in [0.2, 0.25) is 5.02 Å². The Bertz CT molecular complexity index is 893. The van der Waals surface area contributed by atoms with Crippen LogP contribution >= 0.6 is 11.6 Å². The van der Waals surface area contributed by atoms with Crippen molar-refractivity contribution in [2.45, 2.75) is 58.3 Å². The van der Waals surface area contributed by atoms with Crippen LogP contribution in [0.1, 0.15) is 54.4 Å². The minimum Gasteiger partial charge on any atom is -0.464 e. The third-order valence-corrected chi connectivity index (χ3v) is 5.50. The van der Waals surface area contributed by atoms with E-state index in [0.29, 0.717) is 30.9 Å². The van der Waals surface area contributed by atoms with Gasteiger partial charge >= 0.3 is 12.2 Å². The number of carbonyl (C=O) groups excluding carboxylic acids is 1. The standard InChI is InChI=1S/C20H24ClF3N4O2/c1-3-30-19-25-12(2)27-28(19)11-13-4-7-15(8-5-13)26-18(29)16-10-14(20(22,23)24)6-9-17(16)21/h6,9-10,13,15H,3-5,7-8,11H2,1-2H3,(H,26,29). The third kappa shape index (κ3) is 5.44. The van der Waals surface area contributed by atoms with Gasteiger partial charge in [-0.1, -0.05) is 11.6 Å². The normalized spacial score (nSPS) is 19.5. The molecule has 0 spiro atoms. The van der Waals surface area contributed by atoms with E-state index in [4.69, 9.17) is 16.3 Å². The average Bonchev–Trinajstić information content (AvgIpc) is 3.02. The molecule has 0 unspecified atom stereocenters. The number of halogens is 4. The van der Waals surface area contributed by atoms with Crippen LogP contribution in [0.4, 0.5) is 13.2 Å². The third-order valence-electron chi connectivity index (χ3n) is 5.17. The summed E-state index contributed by atoms with van der Waals surface area (Å²) in [6, 6.07) is 3.16. The first-order valence-electron chi connectivity index (χ1n) is 9.89. The largest absolute Gasteiger partial charge is 0.464 e. The smallest absolute Gasteiger partial charge is 0.416 e. The van der Waals surface area contributed by atoms with Gasteiger partial charge in [0.25, 0.3) is 5.91 Å². The lowest BCUT2D eigenvalue weighted by Crippen LogP contribution is -2.38. The molecule has 1 N–H and O–H groups in total. The second-order valence-corrected chi connectivity index (χ2v) is 7.85. The lowest BCUT2D eigenvalue weighted by Gasteiger charge is -2.29. The number of ether oxygens (including phenoxy) is 1. The van der Waals surface area contributed by atoms with E-state index in [2.05, 4.69) is 15.4 Å². The van der Waals surface area contributed by atoms with E-state index in [0.717, 1.165) is 43.9 Å². The van der Waals surface area contributed by atoms with Gasteiger partial charge in [-0.25, -0.2) is 4.68 Å². The summed E-state index contributed by atoms with van der Waals surface area (Å²) >= 11 is 5.96. The molecule has 1 amide bonds. The zero-order chi connectivity index (χ0) is 21.9. The van der Waals surface area contributed by atoms with Gasteiger partial charge in [-0.2, -0.15) is 23.3 Å². The molecular formula is C20H24ClF3N4O2. The van der Waals surface area contributed by atoms with Crippen molar-refractivity contribution in [3.05, 3.63) is 40.2 Å². The number of aromatic nitrogens is 3. The second-order valence-electron chi connectivity index (χ2n) is 7.44. The summed E-state index contributed by atoms with van der Waals surface area (Å²) in [6.07, 6.45) is -1.37. The fourth-order valence-electron chi connectivity index (χ4n) is 3.66. The average molecular weight is 445 g/mol. The number of hydrogen-bond donors (Lipinski definition) is 1. The second kappa shape index (κ2) is 9.24. The van der Waals surface area contributed by atoms with Gasteiger partial charge in [0.1, 0.15) is 0 Å². The van der Waals surface area contributed by atoms with E-state index in [9.17, 15) is 18.0 Å². The molecule has 0 radical (unpaired) electrons. The Hall–Kier alpha value is -2.29. The Balaban J connectivity index is 1.57. The summed E-state index contributed by atoms with van der Waals surface area (Å²) in [5, 5.41) is 7.20. The molecule has 0 aliphatic heterocycles. The van der Waals surface area contributed by atoms with Gasteiger partial charge in [-0.3, -0.25) is 4.79 Å². The summed E-state index contributed by atoms with van der Waals surface area (Å²) in [5.41, 5.74) is -1.05. The molecule has 2 aromatic rings. The molecule has 164 valence electrons. The predicted octanol–water partition coefficient (Wildman–Crippen LogP) is 4.65. The van der Waals surface area contributed by atoms with E-state index in [-0.39, 0.29) is 16.6 Å². The molecule has 1 aliphatic rings. The molecule has 1 aromatic heterocycles. The number of amides is 1. The van der Waals surface area contributed by atoms with E-state index < -0.39 is 17.6 Å². The molecule has 3 rings (SSSR count). The van der Waals surface area contributed by atoms with Crippen molar-refractivity contribution in [3.8, 4) is 6.01 Å². The first-order chi connectivity index (χ1) is 14.2. The maximum atomic E-state index is 12.9. The maximum absolute atomic E-state index is 12.9. The molecule has 6 nitrogen and oxygen atoms in total. The van der Waals surface area contributed by atoms with E-state index in [1.54, 1.807) is 4.68 Å². The summed E-state index contributed by atoms with van der Waals surface area (Å²) < 4.78 is 46.1. The van der Waals surface area contributed by atoms with Crippen LogP contribution in [0.25, 0.3) is 0 Å². The van der Waals surface area contributed by atoms with Crippen LogP contribution in [-0.2, 0) is 12.7 Å². The van der Waals surface area contributed by atoms with Gasteiger partial charge in [0.2, 0.25) is 0 Å². The van der Waals surface area contributed by atoms with Gasteiger partial charge in [0.05, 0.1) is 22.8 Å². The first-order valence-corrected chi connectivity index (χ1v) is 10.3. The topological polar surface area (TPSA) is 69.0 Å². The van der Waals surface area contributed by atoms with Crippen molar-refractivity contribution >= 4 is 17.5 Å². The van der Waals surface area contributed by atoms with Crippen molar-refractivity contribution in [2.75, 3.05) is 6.61 Å². The van der Waals surface area contributed by atoms with Crippen molar-refractivity contribution in [2.24, 2.45) is 5.92 Å². The summed E-state index contributed by atoms with van der Waals surface area (Å²) in [5.74, 6) is 0.424. The lowest BCUT2D eigenvalue weighted by atomic mass is 9.86. The van der Waals surface area contributed by atoms with E-state index in [1.807, 2.05) is 13.8 Å². The number of benzene rings is 1. The fourth-order valence-corrected chi connectivity index (χ4v) is 3.87. The SMILES string of the molecule is CCOc1nc(C)nn1CC1CCC(NC(=O)c2cc(C(F)(F)F)ccc2Cl)CC1. The molecule has 0 bridgehead atoms. The summed E-state index contributed by atoms with van der Waals surface area (Å²) in [4.78, 5) is 16.8. The van der Waals surface area contributed by atoms with Crippen LogP contribution < -0.4 is 10.1 Å². The highest BCUT2D eigenvalue weighted by Gasteiger charge is 2.32. The number of rotatable bonds is 6. The summed E-state index contributed by atoms with van der Waals surface area (Å²) in [6.45, 7) is 4.88. The highest BCUT2D eigenvalue weighted by atomic mass is 35.5. The van der Waals surface area contributed by atoms with Crippen molar-refractivity contribution < 1.29 is 22.7 Å². The minimum absolute atomic E-state index is 0.000749. The number of carbonyl (C=O) groups is 1. The summed E-state index contributed by atoms with van der Waals surface area (Å²) in [7, 11) is 0. The zero-order valence-corrected chi connectivity index (χ0v) is 17.6. The number of alkyl halides is 3. The Labute approximate surface area is 177 Å². The number of nitrogens with zero attached hydrogens (tertiary/aromatic N) is 3. The number of hydrogen-bond acceptors (Lipinski definition) is 4. The van der Waals surface area contributed by atoms with Crippen LogP contribution in [0.5, 0.6) is 6.01 Å². The van der Waals surface area contributed by atoms with Gasteiger partial charge in [0.15, 0.2) is 5.82 Å². The van der Waals surface area contributed by atoms with Gasteiger partial charge in [-0.15, -0.1) is 0 Å². The van der Waals surface area contributed by atoms with Crippen LogP contribution in [0, 0.1) is 12.8 Å². The van der Waals surface area contributed by atoms with Crippen LogP contribution in [-0.4, -0.2) is 33.3 Å².